The van der Waals surface area contributed by atoms with Gasteiger partial charge in [0, 0.05) is 24.4 Å². The van der Waals surface area contributed by atoms with Crippen molar-refractivity contribution in [3.8, 4) is 17.3 Å². The van der Waals surface area contributed by atoms with Gasteiger partial charge in [-0.25, -0.2) is 9.97 Å². The van der Waals surface area contributed by atoms with Crippen molar-refractivity contribution in [1.82, 2.24) is 30.0 Å². The minimum absolute atomic E-state index is 0.125. The summed E-state index contributed by atoms with van der Waals surface area (Å²) >= 11 is 0. The molecule has 0 unspecified atom stereocenters. The molecule has 0 saturated carbocycles. The van der Waals surface area contributed by atoms with Crippen LogP contribution in [0.4, 0.5) is 0 Å². The fourth-order valence-electron chi connectivity index (χ4n) is 3.05. The molecular weight excluding hydrogens is 380 g/mol. The van der Waals surface area contributed by atoms with E-state index in [1.807, 2.05) is 43.3 Å². The van der Waals surface area contributed by atoms with Gasteiger partial charge in [-0.1, -0.05) is 42.4 Å². The number of aromatic nitrogens is 5. The van der Waals surface area contributed by atoms with Crippen LogP contribution in [0.2, 0.25) is 0 Å². The summed E-state index contributed by atoms with van der Waals surface area (Å²) in [6.07, 6.45) is 6.58. The van der Waals surface area contributed by atoms with E-state index in [4.69, 9.17) is 4.52 Å². The third-order valence-electron chi connectivity index (χ3n) is 4.66. The van der Waals surface area contributed by atoms with Crippen molar-refractivity contribution in [2.45, 2.75) is 32.7 Å². The van der Waals surface area contributed by atoms with Gasteiger partial charge in [0.2, 0.25) is 0 Å². The highest BCUT2D eigenvalue weighted by Gasteiger charge is 2.15. The number of aryl methyl sites for hydroxylation is 1. The molecule has 1 N–H and O–H groups in total. The first-order valence-corrected chi connectivity index (χ1v) is 9.83. The molecule has 3 heterocycles. The Labute approximate surface area is 174 Å². The molecule has 0 aliphatic rings. The fraction of sp³-hybridized carbons (Fsp3) is 0.227. The molecule has 1 amide bonds. The predicted octanol–water partition coefficient (Wildman–Crippen LogP) is 3.76. The smallest absolute Gasteiger partial charge is 0.271 e. The second-order valence-electron chi connectivity index (χ2n) is 6.94. The molecule has 8 nitrogen and oxygen atoms in total. The first-order valence-electron chi connectivity index (χ1n) is 9.83. The van der Waals surface area contributed by atoms with Gasteiger partial charge in [0.1, 0.15) is 17.8 Å². The quantitative estimate of drug-likeness (QED) is 0.505. The molecule has 3 aromatic heterocycles. The van der Waals surface area contributed by atoms with E-state index in [0.29, 0.717) is 23.2 Å². The van der Waals surface area contributed by atoms with Gasteiger partial charge >= 0.3 is 0 Å². The Kier molecular flexibility index (Phi) is 5.65. The van der Waals surface area contributed by atoms with Gasteiger partial charge in [-0.3, -0.25) is 9.36 Å². The van der Waals surface area contributed by atoms with E-state index in [1.165, 1.54) is 0 Å². The lowest BCUT2D eigenvalue weighted by molar-refractivity contribution is 0.0935. The van der Waals surface area contributed by atoms with E-state index in [2.05, 4.69) is 32.3 Å². The molecule has 4 aromatic rings. The highest BCUT2D eigenvalue weighted by atomic mass is 16.5. The second kappa shape index (κ2) is 8.69. The van der Waals surface area contributed by atoms with E-state index in [-0.39, 0.29) is 11.9 Å². The molecule has 1 atom stereocenters. The highest BCUT2D eigenvalue weighted by Crippen LogP contribution is 2.20. The summed E-state index contributed by atoms with van der Waals surface area (Å²) in [5, 5.41) is 6.95. The molecule has 152 valence electrons. The van der Waals surface area contributed by atoms with Gasteiger partial charge in [0.25, 0.3) is 11.8 Å². The summed E-state index contributed by atoms with van der Waals surface area (Å²) in [5.74, 6) is 1.48. The van der Waals surface area contributed by atoms with Gasteiger partial charge in [-0.15, -0.1) is 0 Å². The SMILES string of the molecule is CCCc1noc(-c2ccnc(-n3cnc(C(=O)N[C@H](C)c4ccccc4)c3)c2)n1. The first kappa shape index (κ1) is 19.5. The third-order valence-corrected chi connectivity index (χ3v) is 4.66. The van der Waals surface area contributed by atoms with Crippen molar-refractivity contribution in [2.24, 2.45) is 0 Å². The molecule has 4 rings (SSSR count). The van der Waals surface area contributed by atoms with Gasteiger partial charge < -0.3 is 9.84 Å². The lowest BCUT2D eigenvalue weighted by atomic mass is 10.1. The molecule has 30 heavy (non-hydrogen) atoms. The van der Waals surface area contributed by atoms with E-state index >= 15 is 0 Å². The van der Waals surface area contributed by atoms with Crippen molar-refractivity contribution in [2.75, 3.05) is 0 Å². The zero-order valence-electron chi connectivity index (χ0n) is 16.8. The monoisotopic (exact) mass is 402 g/mol. The largest absolute Gasteiger partial charge is 0.344 e. The first-order chi connectivity index (χ1) is 14.6. The van der Waals surface area contributed by atoms with Crippen LogP contribution in [0.1, 0.15) is 48.2 Å². The van der Waals surface area contributed by atoms with Crippen LogP contribution in [0.5, 0.6) is 0 Å². The lowest BCUT2D eigenvalue weighted by Crippen LogP contribution is -2.26. The maximum atomic E-state index is 12.6. The van der Waals surface area contributed by atoms with Crippen molar-refractivity contribution in [3.05, 3.63) is 78.3 Å². The Morgan fingerprint density at radius 1 is 1.20 bits per heavy atom. The molecular formula is C22H22N6O2. The van der Waals surface area contributed by atoms with Crippen LogP contribution in [0, 0.1) is 0 Å². The summed E-state index contributed by atoms with van der Waals surface area (Å²) in [5.41, 5.74) is 2.10. The second-order valence-corrected chi connectivity index (χ2v) is 6.94. The van der Waals surface area contributed by atoms with Crippen LogP contribution in [0.3, 0.4) is 0 Å². The molecule has 0 saturated heterocycles. The fourth-order valence-corrected chi connectivity index (χ4v) is 3.05. The minimum Gasteiger partial charge on any atom is -0.344 e. The van der Waals surface area contributed by atoms with Crippen LogP contribution in [0.25, 0.3) is 17.3 Å². The molecule has 1 aromatic carbocycles. The predicted molar refractivity (Wildman–Crippen MR) is 111 cm³/mol. The topological polar surface area (TPSA) is 98.7 Å². The Balaban J connectivity index is 1.50. The van der Waals surface area contributed by atoms with E-state index in [0.717, 1.165) is 24.0 Å². The zero-order chi connectivity index (χ0) is 20.9. The van der Waals surface area contributed by atoms with Crippen molar-refractivity contribution < 1.29 is 9.32 Å². The third kappa shape index (κ3) is 4.27. The number of carbonyl (C=O) groups is 1. The van der Waals surface area contributed by atoms with Gasteiger partial charge in [0.05, 0.1) is 6.04 Å². The highest BCUT2D eigenvalue weighted by molar-refractivity contribution is 5.92. The number of imidazole rings is 1. The summed E-state index contributed by atoms with van der Waals surface area (Å²) in [4.78, 5) is 25.6. The summed E-state index contributed by atoms with van der Waals surface area (Å²) in [7, 11) is 0. The van der Waals surface area contributed by atoms with Crippen molar-refractivity contribution in [3.63, 3.8) is 0 Å². The Morgan fingerprint density at radius 3 is 2.83 bits per heavy atom. The van der Waals surface area contributed by atoms with Gasteiger partial charge in [0.15, 0.2) is 5.82 Å². The molecule has 0 aliphatic carbocycles. The van der Waals surface area contributed by atoms with Crippen LogP contribution in [-0.2, 0) is 6.42 Å². The van der Waals surface area contributed by atoms with E-state index < -0.39 is 0 Å². The van der Waals surface area contributed by atoms with Crippen molar-refractivity contribution in [1.29, 1.82) is 0 Å². The van der Waals surface area contributed by atoms with E-state index in [9.17, 15) is 4.79 Å². The van der Waals surface area contributed by atoms with Gasteiger partial charge in [-0.2, -0.15) is 4.98 Å². The van der Waals surface area contributed by atoms with E-state index in [1.54, 1.807) is 29.4 Å². The average molecular weight is 402 g/mol. The van der Waals surface area contributed by atoms with Crippen LogP contribution in [0.15, 0.2) is 65.7 Å². The average Bonchev–Trinajstić information content (AvgIpc) is 3.45. The Morgan fingerprint density at radius 2 is 2.03 bits per heavy atom. The number of carbonyl (C=O) groups excluding carboxylic acids is 1. The zero-order valence-corrected chi connectivity index (χ0v) is 16.8. The standard InChI is InChI=1S/C22H22N6O2/c1-3-7-19-26-22(30-27-19)17-10-11-23-20(12-17)28-13-18(24-14-28)21(29)25-15(2)16-8-5-4-6-9-16/h4-6,8-15H,3,7H2,1-2H3,(H,25,29)/t15-/m1/s1. The minimum atomic E-state index is -0.248. The van der Waals surface area contributed by atoms with Crippen LogP contribution < -0.4 is 5.32 Å². The number of rotatable bonds is 7. The molecule has 0 bridgehead atoms. The lowest BCUT2D eigenvalue weighted by Gasteiger charge is -2.13. The Bertz CT molecular complexity index is 1140. The maximum Gasteiger partial charge on any atom is 0.271 e. The number of hydrogen-bond acceptors (Lipinski definition) is 6. The number of benzene rings is 1. The number of amides is 1. The number of nitrogens with zero attached hydrogens (tertiary/aromatic N) is 5. The summed E-state index contributed by atoms with van der Waals surface area (Å²) in [6, 6.07) is 13.3. The molecule has 0 fully saturated rings. The van der Waals surface area contributed by atoms with Gasteiger partial charge in [-0.05, 0) is 31.0 Å². The molecule has 0 aliphatic heterocycles. The maximum absolute atomic E-state index is 12.6. The van der Waals surface area contributed by atoms with Crippen LogP contribution >= 0.6 is 0 Å². The molecule has 8 heteroatoms. The summed E-state index contributed by atoms with van der Waals surface area (Å²) in [6.45, 7) is 4.00. The molecule has 0 radical (unpaired) electrons. The number of hydrogen-bond donors (Lipinski definition) is 1. The van der Waals surface area contributed by atoms with Crippen molar-refractivity contribution >= 4 is 5.91 Å². The summed E-state index contributed by atoms with van der Waals surface area (Å²) < 4.78 is 7.03. The normalized spacial score (nSPS) is 11.9. The number of pyridine rings is 1. The number of nitrogens with one attached hydrogen (secondary N) is 1. The van der Waals surface area contributed by atoms with Crippen LogP contribution in [-0.4, -0.2) is 30.6 Å². The Hall–Kier alpha value is -3.81. The molecule has 0 spiro atoms.